The van der Waals surface area contributed by atoms with Crippen molar-refractivity contribution in [1.82, 2.24) is 0 Å². The molecule has 96 valence electrons. The second-order valence-electron chi connectivity index (χ2n) is 7.09. The van der Waals surface area contributed by atoms with E-state index < -0.39 is 11.0 Å². The van der Waals surface area contributed by atoms with Crippen LogP contribution in [-0.4, -0.2) is 10.7 Å². The van der Waals surface area contributed by atoms with Gasteiger partial charge in [0.2, 0.25) is 0 Å². The molecule has 0 aromatic heterocycles. The Morgan fingerprint density at radius 2 is 1.71 bits per heavy atom. The van der Waals surface area contributed by atoms with Crippen LogP contribution in [0.25, 0.3) is 0 Å². The lowest BCUT2D eigenvalue weighted by Crippen LogP contribution is -2.54. The van der Waals surface area contributed by atoms with Crippen LogP contribution in [0, 0.1) is 28.1 Å². The maximum Gasteiger partial charge on any atom is 0.0862 e. The van der Waals surface area contributed by atoms with Crippen molar-refractivity contribution < 1.29 is 5.11 Å². The smallest absolute Gasteiger partial charge is 0.0862 e. The molecule has 0 aliphatic heterocycles. The van der Waals surface area contributed by atoms with Gasteiger partial charge in [0.1, 0.15) is 0 Å². The normalized spacial score (nSPS) is 39.8. The van der Waals surface area contributed by atoms with Crippen molar-refractivity contribution in [2.75, 3.05) is 0 Å². The SMILES string of the molecule is CC1CC(C)(C)CCC1(O)C1(C#N)CCCC1. The molecule has 2 atom stereocenters. The molecular formula is C15H25NO. The van der Waals surface area contributed by atoms with E-state index in [1.165, 1.54) is 0 Å². The molecule has 0 heterocycles. The van der Waals surface area contributed by atoms with E-state index in [0.717, 1.165) is 44.9 Å². The van der Waals surface area contributed by atoms with Crippen molar-refractivity contribution in [2.45, 2.75) is 71.3 Å². The van der Waals surface area contributed by atoms with Crippen LogP contribution in [0.15, 0.2) is 0 Å². The van der Waals surface area contributed by atoms with E-state index in [2.05, 4.69) is 26.8 Å². The van der Waals surface area contributed by atoms with Gasteiger partial charge in [-0.1, -0.05) is 33.6 Å². The number of nitrogens with zero attached hydrogens (tertiary/aromatic N) is 1. The van der Waals surface area contributed by atoms with Crippen LogP contribution in [0.3, 0.4) is 0 Å². The third-order valence-electron chi connectivity index (χ3n) is 5.36. The highest BCUT2D eigenvalue weighted by Gasteiger charge is 2.57. The van der Waals surface area contributed by atoms with Crippen LogP contribution in [0.2, 0.25) is 0 Å². The van der Waals surface area contributed by atoms with Crippen molar-refractivity contribution in [2.24, 2.45) is 16.7 Å². The number of aliphatic hydroxyl groups is 1. The van der Waals surface area contributed by atoms with Gasteiger partial charge in [-0.05, 0) is 43.4 Å². The van der Waals surface area contributed by atoms with Crippen LogP contribution in [0.4, 0.5) is 0 Å². The number of hydrogen-bond donors (Lipinski definition) is 1. The summed E-state index contributed by atoms with van der Waals surface area (Å²) < 4.78 is 0. The average molecular weight is 235 g/mol. The molecule has 0 radical (unpaired) electrons. The van der Waals surface area contributed by atoms with Gasteiger partial charge >= 0.3 is 0 Å². The van der Waals surface area contributed by atoms with Gasteiger partial charge in [0.15, 0.2) is 0 Å². The van der Waals surface area contributed by atoms with Gasteiger partial charge in [-0.25, -0.2) is 0 Å². The van der Waals surface area contributed by atoms with Gasteiger partial charge in [0.05, 0.1) is 17.1 Å². The van der Waals surface area contributed by atoms with Gasteiger partial charge in [-0.3, -0.25) is 0 Å². The van der Waals surface area contributed by atoms with E-state index in [9.17, 15) is 10.4 Å². The first kappa shape index (κ1) is 12.9. The predicted octanol–water partition coefficient (Wildman–Crippen LogP) is 3.65. The first-order valence-corrected chi connectivity index (χ1v) is 6.99. The lowest BCUT2D eigenvalue weighted by molar-refractivity contribution is -0.137. The van der Waals surface area contributed by atoms with E-state index in [0.29, 0.717) is 5.41 Å². The number of rotatable bonds is 1. The van der Waals surface area contributed by atoms with Crippen LogP contribution in [-0.2, 0) is 0 Å². The molecule has 0 amide bonds. The van der Waals surface area contributed by atoms with Crippen molar-refractivity contribution >= 4 is 0 Å². The van der Waals surface area contributed by atoms with Gasteiger partial charge in [0.25, 0.3) is 0 Å². The second kappa shape index (κ2) is 3.99. The highest BCUT2D eigenvalue weighted by molar-refractivity contribution is 5.16. The van der Waals surface area contributed by atoms with Gasteiger partial charge < -0.3 is 5.11 Å². The Kier molecular flexibility index (Phi) is 3.02. The summed E-state index contributed by atoms with van der Waals surface area (Å²) in [6, 6.07) is 2.50. The molecule has 1 N–H and O–H groups in total. The quantitative estimate of drug-likeness (QED) is 0.754. The molecule has 2 aliphatic carbocycles. The summed E-state index contributed by atoms with van der Waals surface area (Å²) in [6.45, 7) is 6.69. The minimum absolute atomic E-state index is 0.240. The summed E-state index contributed by atoms with van der Waals surface area (Å²) in [6.07, 6.45) is 6.87. The standard InChI is InChI=1S/C15H25NO/c1-12-10-13(2,3)8-9-15(12,17)14(11-16)6-4-5-7-14/h12,17H,4-10H2,1-3H3. The summed E-state index contributed by atoms with van der Waals surface area (Å²) in [5, 5.41) is 20.7. The molecular weight excluding hydrogens is 210 g/mol. The number of nitriles is 1. The molecule has 0 bridgehead atoms. The molecule has 2 rings (SSSR count). The summed E-state index contributed by atoms with van der Waals surface area (Å²) in [7, 11) is 0. The Labute approximate surface area is 105 Å². The molecule has 2 heteroatoms. The van der Waals surface area contributed by atoms with Crippen LogP contribution < -0.4 is 0 Å². The van der Waals surface area contributed by atoms with E-state index in [1.807, 2.05) is 0 Å². The highest BCUT2D eigenvalue weighted by Crippen LogP contribution is 2.56. The Morgan fingerprint density at radius 1 is 1.12 bits per heavy atom. The molecule has 0 spiro atoms. The van der Waals surface area contributed by atoms with Gasteiger partial charge in [-0.15, -0.1) is 0 Å². The molecule has 0 aromatic rings. The lowest BCUT2D eigenvalue weighted by Gasteiger charge is -2.51. The molecule has 2 saturated carbocycles. The van der Waals surface area contributed by atoms with Crippen molar-refractivity contribution in [3.63, 3.8) is 0 Å². The fourth-order valence-corrected chi connectivity index (χ4v) is 4.21. The largest absolute Gasteiger partial charge is 0.388 e. The molecule has 2 aliphatic rings. The third kappa shape index (κ3) is 1.89. The lowest BCUT2D eigenvalue weighted by atomic mass is 9.56. The fraction of sp³-hybridized carbons (Fsp3) is 0.933. The summed E-state index contributed by atoms with van der Waals surface area (Å²) in [4.78, 5) is 0. The topological polar surface area (TPSA) is 44.0 Å². The Balaban J connectivity index is 2.28. The van der Waals surface area contributed by atoms with Crippen LogP contribution in [0.1, 0.15) is 65.7 Å². The summed E-state index contributed by atoms with van der Waals surface area (Å²) in [5.41, 5.74) is -0.877. The van der Waals surface area contributed by atoms with E-state index in [1.54, 1.807) is 0 Å². The van der Waals surface area contributed by atoms with Crippen molar-refractivity contribution in [3.8, 4) is 6.07 Å². The minimum atomic E-state index is -0.742. The maximum atomic E-state index is 11.1. The maximum absolute atomic E-state index is 11.1. The Hall–Kier alpha value is -0.550. The molecule has 0 saturated heterocycles. The first-order valence-electron chi connectivity index (χ1n) is 6.99. The fourth-order valence-electron chi connectivity index (χ4n) is 4.21. The zero-order chi connectivity index (χ0) is 12.7. The van der Waals surface area contributed by atoms with Gasteiger partial charge in [-0.2, -0.15) is 5.26 Å². The average Bonchev–Trinajstić information content (AvgIpc) is 2.74. The molecule has 2 nitrogen and oxygen atoms in total. The zero-order valence-corrected chi connectivity index (χ0v) is 11.4. The van der Waals surface area contributed by atoms with Gasteiger partial charge in [0, 0.05) is 0 Å². The van der Waals surface area contributed by atoms with E-state index in [-0.39, 0.29) is 5.92 Å². The number of hydrogen-bond acceptors (Lipinski definition) is 2. The molecule has 2 fully saturated rings. The summed E-state index contributed by atoms with van der Waals surface area (Å²) in [5.74, 6) is 0.240. The Morgan fingerprint density at radius 3 is 2.18 bits per heavy atom. The minimum Gasteiger partial charge on any atom is -0.388 e. The predicted molar refractivity (Wildman–Crippen MR) is 68.3 cm³/mol. The van der Waals surface area contributed by atoms with Crippen LogP contribution >= 0.6 is 0 Å². The van der Waals surface area contributed by atoms with Crippen LogP contribution in [0.5, 0.6) is 0 Å². The molecule has 0 aromatic carbocycles. The highest BCUT2D eigenvalue weighted by atomic mass is 16.3. The van der Waals surface area contributed by atoms with E-state index >= 15 is 0 Å². The van der Waals surface area contributed by atoms with E-state index in [4.69, 9.17) is 0 Å². The monoisotopic (exact) mass is 235 g/mol. The summed E-state index contributed by atoms with van der Waals surface area (Å²) >= 11 is 0. The third-order valence-corrected chi connectivity index (χ3v) is 5.36. The van der Waals surface area contributed by atoms with Crippen molar-refractivity contribution in [3.05, 3.63) is 0 Å². The first-order chi connectivity index (χ1) is 7.85. The molecule has 2 unspecified atom stereocenters. The second-order valence-corrected chi connectivity index (χ2v) is 7.09. The van der Waals surface area contributed by atoms with Crippen molar-refractivity contribution in [1.29, 1.82) is 5.26 Å². The molecule has 17 heavy (non-hydrogen) atoms. The zero-order valence-electron chi connectivity index (χ0n) is 11.4. The Bertz CT molecular complexity index is 335.